The molecule has 2 nitrogen and oxygen atoms in total. The fourth-order valence-electron chi connectivity index (χ4n) is 4.79. The van der Waals surface area contributed by atoms with Gasteiger partial charge in [-0.25, -0.2) is 0 Å². The fourth-order valence-corrected chi connectivity index (χ4v) is 4.79. The first-order chi connectivity index (χ1) is 9.24. The summed E-state index contributed by atoms with van der Waals surface area (Å²) in [6, 6.07) is 9.57. The smallest absolute Gasteiger partial charge is 0.0421 e. The van der Waals surface area contributed by atoms with Crippen LogP contribution in [0.15, 0.2) is 24.3 Å². The largest absolute Gasteiger partial charge is 0.323 e. The predicted molar refractivity (Wildman–Crippen MR) is 77.7 cm³/mol. The molecule has 0 heterocycles. The van der Waals surface area contributed by atoms with Gasteiger partial charge in [0, 0.05) is 18.6 Å². The Hall–Kier alpha value is -0.860. The summed E-state index contributed by atoms with van der Waals surface area (Å²) in [6.07, 6.45) is 4.51. The molecule has 5 atom stereocenters. The maximum atomic E-state index is 6.29. The fraction of sp³-hybridized carbons (Fsp3) is 0.647. The number of nitrogens with two attached hydrogens (primary N) is 1. The first-order valence-electron chi connectivity index (χ1n) is 7.79. The van der Waals surface area contributed by atoms with Crippen LogP contribution in [0.25, 0.3) is 0 Å². The Bertz CT molecular complexity index is 451. The maximum Gasteiger partial charge on any atom is 0.0421 e. The molecule has 3 N–H and O–H groups in total. The van der Waals surface area contributed by atoms with Gasteiger partial charge in [0.2, 0.25) is 0 Å². The molecular formula is C17H24N2. The van der Waals surface area contributed by atoms with Crippen LogP contribution < -0.4 is 11.1 Å². The molecule has 0 aliphatic heterocycles. The quantitative estimate of drug-likeness (QED) is 0.869. The monoisotopic (exact) mass is 256 g/mol. The molecule has 3 fully saturated rings. The van der Waals surface area contributed by atoms with Gasteiger partial charge in [0.25, 0.3) is 0 Å². The van der Waals surface area contributed by atoms with Crippen molar-refractivity contribution in [3.8, 4) is 0 Å². The average Bonchev–Trinajstić information content (AvgIpc) is 2.80. The summed E-state index contributed by atoms with van der Waals surface area (Å²) >= 11 is 0. The molecule has 3 saturated carbocycles. The van der Waals surface area contributed by atoms with Crippen molar-refractivity contribution in [3.63, 3.8) is 0 Å². The van der Waals surface area contributed by atoms with Crippen molar-refractivity contribution in [1.29, 1.82) is 0 Å². The van der Waals surface area contributed by atoms with E-state index in [2.05, 4.69) is 36.5 Å². The van der Waals surface area contributed by atoms with Crippen molar-refractivity contribution in [3.05, 3.63) is 35.4 Å². The van der Waals surface area contributed by atoms with Gasteiger partial charge in [-0.1, -0.05) is 29.8 Å². The summed E-state index contributed by atoms with van der Waals surface area (Å²) in [6.45, 7) is 3.05. The summed E-state index contributed by atoms with van der Waals surface area (Å²) in [7, 11) is 0. The highest BCUT2D eigenvalue weighted by Crippen LogP contribution is 2.65. The lowest BCUT2D eigenvalue weighted by Gasteiger charge is -2.16. The molecule has 1 aromatic rings. The second kappa shape index (κ2) is 4.32. The number of rotatable bonds is 4. The summed E-state index contributed by atoms with van der Waals surface area (Å²) < 4.78 is 0. The molecule has 2 heteroatoms. The molecule has 0 amide bonds. The first-order valence-corrected chi connectivity index (χ1v) is 7.79. The molecule has 0 radical (unpaired) electrons. The van der Waals surface area contributed by atoms with E-state index in [0.29, 0.717) is 0 Å². The summed E-state index contributed by atoms with van der Waals surface area (Å²) in [4.78, 5) is 0. The molecule has 5 unspecified atom stereocenters. The Labute approximate surface area is 115 Å². The SMILES string of the molecule is Cc1ccc(C(N)CNC2C3C4CCC(C4)C23)cc1. The maximum absolute atomic E-state index is 6.29. The zero-order valence-electron chi connectivity index (χ0n) is 11.7. The van der Waals surface area contributed by atoms with Crippen LogP contribution in [0.3, 0.4) is 0 Å². The van der Waals surface area contributed by atoms with E-state index in [-0.39, 0.29) is 6.04 Å². The number of nitrogens with one attached hydrogen (secondary N) is 1. The van der Waals surface area contributed by atoms with Crippen LogP contribution in [0.2, 0.25) is 0 Å². The molecular weight excluding hydrogens is 232 g/mol. The van der Waals surface area contributed by atoms with E-state index in [1.165, 1.54) is 30.4 Å². The number of hydrogen-bond acceptors (Lipinski definition) is 2. The lowest BCUT2D eigenvalue weighted by molar-refractivity contribution is 0.451. The van der Waals surface area contributed by atoms with Gasteiger partial charge in [-0.3, -0.25) is 0 Å². The third kappa shape index (κ3) is 1.93. The van der Waals surface area contributed by atoms with Crippen LogP contribution in [0.4, 0.5) is 0 Å². The molecule has 3 aliphatic carbocycles. The minimum absolute atomic E-state index is 0.138. The third-order valence-corrected chi connectivity index (χ3v) is 5.81. The van der Waals surface area contributed by atoms with E-state index in [1.807, 2.05) is 0 Å². The van der Waals surface area contributed by atoms with Gasteiger partial charge >= 0.3 is 0 Å². The molecule has 3 aliphatic rings. The van der Waals surface area contributed by atoms with Crippen LogP contribution >= 0.6 is 0 Å². The van der Waals surface area contributed by atoms with Gasteiger partial charge in [-0.2, -0.15) is 0 Å². The highest BCUT2D eigenvalue weighted by Gasteiger charge is 2.64. The van der Waals surface area contributed by atoms with Crippen LogP contribution in [-0.2, 0) is 0 Å². The molecule has 4 rings (SSSR count). The minimum Gasteiger partial charge on any atom is -0.323 e. The van der Waals surface area contributed by atoms with Crippen LogP contribution in [0.1, 0.15) is 36.4 Å². The zero-order valence-corrected chi connectivity index (χ0v) is 11.7. The standard InChI is InChI=1S/C17H24N2/c1-10-2-4-11(5-3-10)14(18)9-19-17-15-12-6-7-13(8-12)16(15)17/h2-5,12-17,19H,6-9,18H2,1H3. The Morgan fingerprint density at radius 2 is 1.79 bits per heavy atom. The van der Waals surface area contributed by atoms with E-state index in [1.54, 1.807) is 0 Å². The Kier molecular flexibility index (Phi) is 2.71. The lowest BCUT2D eigenvalue weighted by atomic mass is 10.0. The van der Waals surface area contributed by atoms with Crippen molar-refractivity contribution in [2.45, 2.75) is 38.3 Å². The van der Waals surface area contributed by atoms with E-state index in [0.717, 1.165) is 36.3 Å². The summed E-state index contributed by atoms with van der Waals surface area (Å²) in [5.41, 5.74) is 8.85. The van der Waals surface area contributed by atoms with Crippen LogP contribution in [0, 0.1) is 30.6 Å². The Morgan fingerprint density at radius 1 is 1.16 bits per heavy atom. The van der Waals surface area contributed by atoms with Crippen LogP contribution in [-0.4, -0.2) is 12.6 Å². The van der Waals surface area contributed by atoms with E-state index in [4.69, 9.17) is 5.73 Å². The van der Waals surface area contributed by atoms with Gasteiger partial charge in [0.1, 0.15) is 0 Å². The predicted octanol–water partition coefficient (Wildman–Crippen LogP) is 2.63. The Balaban J connectivity index is 1.33. The minimum atomic E-state index is 0.138. The number of benzene rings is 1. The van der Waals surface area contributed by atoms with Gasteiger partial charge in [-0.05, 0) is 55.4 Å². The van der Waals surface area contributed by atoms with Crippen molar-refractivity contribution < 1.29 is 0 Å². The van der Waals surface area contributed by atoms with E-state index < -0.39 is 0 Å². The summed E-state index contributed by atoms with van der Waals surface area (Å²) in [5.74, 6) is 4.10. The third-order valence-electron chi connectivity index (χ3n) is 5.81. The van der Waals surface area contributed by atoms with Gasteiger partial charge in [0.05, 0.1) is 0 Å². The molecule has 19 heavy (non-hydrogen) atoms. The molecule has 0 saturated heterocycles. The van der Waals surface area contributed by atoms with Crippen molar-refractivity contribution in [2.75, 3.05) is 6.54 Å². The van der Waals surface area contributed by atoms with E-state index >= 15 is 0 Å². The number of fused-ring (bicyclic) bond motifs is 5. The molecule has 0 spiro atoms. The zero-order chi connectivity index (χ0) is 13.0. The van der Waals surface area contributed by atoms with Gasteiger partial charge in [-0.15, -0.1) is 0 Å². The van der Waals surface area contributed by atoms with Crippen molar-refractivity contribution in [1.82, 2.24) is 5.32 Å². The molecule has 0 aromatic heterocycles. The number of hydrogen-bond donors (Lipinski definition) is 2. The second-order valence-electron chi connectivity index (χ2n) is 6.94. The first kappa shape index (κ1) is 11.9. The van der Waals surface area contributed by atoms with Crippen molar-refractivity contribution >= 4 is 0 Å². The Morgan fingerprint density at radius 3 is 2.42 bits per heavy atom. The van der Waals surface area contributed by atoms with Gasteiger partial charge < -0.3 is 11.1 Å². The molecule has 1 aromatic carbocycles. The summed E-state index contributed by atoms with van der Waals surface area (Å²) in [5, 5.41) is 3.75. The average molecular weight is 256 g/mol. The second-order valence-corrected chi connectivity index (χ2v) is 6.94. The van der Waals surface area contributed by atoms with E-state index in [9.17, 15) is 0 Å². The van der Waals surface area contributed by atoms with Gasteiger partial charge in [0.15, 0.2) is 0 Å². The normalized spacial score (nSPS) is 40.2. The topological polar surface area (TPSA) is 38.0 Å². The highest BCUT2D eigenvalue weighted by atomic mass is 15.0. The number of aryl methyl sites for hydroxylation is 1. The van der Waals surface area contributed by atoms with Crippen molar-refractivity contribution in [2.24, 2.45) is 29.4 Å². The van der Waals surface area contributed by atoms with Crippen LogP contribution in [0.5, 0.6) is 0 Å². The molecule has 102 valence electrons. The molecule has 2 bridgehead atoms. The highest BCUT2D eigenvalue weighted by molar-refractivity contribution is 5.24. The lowest BCUT2D eigenvalue weighted by Crippen LogP contribution is -2.31.